The molecule has 1 heteroatoms. The molecule has 0 aromatic rings. The molecule has 2 aliphatic carbocycles. The molecule has 1 saturated carbocycles. The maximum absolute atomic E-state index is 6.23. The third kappa shape index (κ3) is 1.66. The van der Waals surface area contributed by atoms with E-state index in [1.165, 1.54) is 51.4 Å². The summed E-state index contributed by atoms with van der Waals surface area (Å²) in [7, 11) is 0. The fourth-order valence-corrected chi connectivity index (χ4v) is 3.83. The van der Waals surface area contributed by atoms with Crippen molar-refractivity contribution in [2.75, 3.05) is 0 Å². The van der Waals surface area contributed by atoms with Gasteiger partial charge in [0.05, 0.1) is 12.2 Å². The van der Waals surface area contributed by atoms with Crippen LogP contribution in [0.5, 0.6) is 0 Å². The van der Waals surface area contributed by atoms with Gasteiger partial charge in [0.2, 0.25) is 0 Å². The molecule has 88 valence electrons. The van der Waals surface area contributed by atoms with E-state index in [9.17, 15) is 0 Å². The summed E-state index contributed by atoms with van der Waals surface area (Å²) in [6.07, 6.45) is 13.5. The lowest BCUT2D eigenvalue weighted by atomic mass is 9.72. The average Bonchev–Trinajstić information content (AvgIpc) is 2.38. The summed E-state index contributed by atoms with van der Waals surface area (Å²) in [5.74, 6) is 0.764. The van der Waals surface area contributed by atoms with Crippen molar-refractivity contribution in [3.63, 3.8) is 0 Å². The first kappa shape index (κ1) is 10.6. The topological polar surface area (TPSA) is 9.23 Å². The van der Waals surface area contributed by atoms with Crippen LogP contribution in [-0.2, 0) is 4.74 Å². The van der Waals surface area contributed by atoms with Gasteiger partial charge < -0.3 is 4.74 Å². The van der Waals surface area contributed by atoms with Crippen LogP contribution in [0.1, 0.15) is 51.4 Å². The molecule has 0 N–H and O–H groups in total. The third-order valence-electron chi connectivity index (χ3n) is 4.58. The van der Waals surface area contributed by atoms with Crippen LogP contribution in [0.15, 0.2) is 23.8 Å². The van der Waals surface area contributed by atoms with Crippen LogP contribution >= 0.6 is 0 Å². The van der Waals surface area contributed by atoms with Gasteiger partial charge in [-0.15, -0.1) is 6.58 Å². The Morgan fingerprint density at radius 2 is 1.75 bits per heavy atom. The van der Waals surface area contributed by atoms with E-state index in [1.807, 2.05) is 6.08 Å². The Balaban J connectivity index is 1.94. The zero-order chi connectivity index (χ0) is 11.0. The molecule has 0 radical (unpaired) electrons. The first-order chi connectivity index (χ1) is 7.90. The van der Waals surface area contributed by atoms with Crippen molar-refractivity contribution in [1.82, 2.24) is 0 Å². The molecule has 1 heterocycles. The monoisotopic (exact) mass is 218 g/mol. The number of hydrogen-bond donors (Lipinski definition) is 0. The highest BCUT2D eigenvalue weighted by molar-refractivity contribution is 5.30. The van der Waals surface area contributed by atoms with Gasteiger partial charge in [0.1, 0.15) is 0 Å². The lowest BCUT2D eigenvalue weighted by molar-refractivity contribution is -0.0358. The van der Waals surface area contributed by atoms with Gasteiger partial charge in [-0.25, -0.2) is 0 Å². The van der Waals surface area contributed by atoms with E-state index in [0.29, 0.717) is 6.10 Å². The van der Waals surface area contributed by atoms with E-state index in [-0.39, 0.29) is 6.10 Å². The fourth-order valence-electron chi connectivity index (χ4n) is 3.83. The zero-order valence-corrected chi connectivity index (χ0v) is 10.1. The van der Waals surface area contributed by atoms with Crippen LogP contribution in [0.25, 0.3) is 0 Å². The largest absolute Gasteiger partial charge is 0.366 e. The van der Waals surface area contributed by atoms with Crippen molar-refractivity contribution >= 4 is 0 Å². The van der Waals surface area contributed by atoms with Crippen molar-refractivity contribution in [2.45, 2.75) is 63.6 Å². The van der Waals surface area contributed by atoms with Gasteiger partial charge in [0, 0.05) is 5.92 Å². The summed E-state index contributed by atoms with van der Waals surface area (Å²) in [4.78, 5) is 0. The van der Waals surface area contributed by atoms with Gasteiger partial charge in [-0.2, -0.15) is 0 Å². The molecule has 0 unspecified atom stereocenters. The number of rotatable bonds is 1. The second-order valence-electron chi connectivity index (χ2n) is 5.48. The molecular formula is C15H22O. The molecular weight excluding hydrogens is 196 g/mol. The number of hydrogen-bond acceptors (Lipinski definition) is 1. The Hall–Kier alpha value is -0.560. The summed E-state index contributed by atoms with van der Waals surface area (Å²) in [5.41, 5.74) is 3.37. The SMILES string of the molecule is C=C[C@H]1O[C@H]2CCCC[C@H]2C2=C1CCCC2. The molecule has 0 spiro atoms. The van der Waals surface area contributed by atoms with Gasteiger partial charge in [-0.05, 0) is 44.1 Å². The molecule has 1 nitrogen and oxygen atoms in total. The summed E-state index contributed by atoms with van der Waals surface area (Å²) >= 11 is 0. The van der Waals surface area contributed by atoms with E-state index in [4.69, 9.17) is 4.74 Å². The summed E-state index contributed by atoms with van der Waals surface area (Å²) < 4.78 is 6.23. The molecule has 0 aromatic heterocycles. The molecule has 3 rings (SSSR count). The Morgan fingerprint density at radius 3 is 2.56 bits per heavy atom. The standard InChI is InChI=1S/C15H22O/c1-2-14-12-8-4-3-7-11(12)13-9-5-6-10-15(13)16-14/h2,13-15H,1,3-10H2/t13-,14+,15-/m0/s1. The zero-order valence-electron chi connectivity index (χ0n) is 10.1. The fraction of sp³-hybridized carbons (Fsp3) is 0.733. The minimum Gasteiger partial charge on any atom is -0.366 e. The molecule has 1 aliphatic heterocycles. The summed E-state index contributed by atoms with van der Waals surface area (Å²) in [5, 5.41) is 0. The highest BCUT2D eigenvalue weighted by Crippen LogP contribution is 2.45. The van der Waals surface area contributed by atoms with Crippen molar-refractivity contribution in [1.29, 1.82) is 0 Å². The maximum Gasteiger partial charge on any atom is 0.0970 e. The maximum atomic E-state index is 6.23. The Labute approximate surface area is 98.6 Å². The van der Waals surface area contributed by atoms with Crippen LogP contribution in [0.4, 0.5) is 0 Å². The third-order valence-corrected chi connectivity index (χ3v) is 4.58. The highest BCUT2D eigenvalue weighted by atomic mass is 16.5. The van der Waals surface area contributed by atoms with Crippen LogP contribution < -0.4 is 0 Å². The highest BCUT2D eigenvalue weighted by Gasteiger charge is 2.38. The molecule has 0 saturated heterocycles. The molecule has 0 aromatic carbocycles. The second-order valence-corrected chi connectivity index (χ2v) is 5.48. The predicted molar refractivity (Wildman–Crippen MR) is 66.3 cm³/mol. The van der Waals surface area contributed by atoms with Crippen LogP contribution in [-0.4, -0.2) is 12.2 Å². The van der Waals surface area contributed by atoms with Crippen LogP contribution in [0.3, 0.4) is 0 Å². The smallest absolute Gasteiger partial charge is 0.0970 e. The first-order valence-corrected chi connectivity index (χ1v) is 6.90. The molecule has 0 amide bonds. The summed E-state index contributed by atoms with van der Waals surface area (Å²) in [6, 6.07) is 0. The predicted octanol–water partition coefficient (Wildman–Crippen LogP) is 4.00. The Morgan fingerprint density at radius 1 is 1.00 bits per heavy atom. The summed E-state index contributed by atoms with van der Waals surface area (Å²) in [6.45, 7) is 3.95. The lowest BCUT2D eigenvalue weighted by Gasteiger charge is -2.43. The van der Waals surface area contributed by atoms with Gasteiger partial charge in [0.15, 0.2) is 0 Å². The Bertz CT molecular complexity index is 315. The van der Waals surface area contributed by atoms with Crippen molar-refractivity contribution in [2.24, 2.45) is 5.92 Å². The first-order valence-electron chi connectivity index (χ1n) is 6.90. The van der Waals surface area contributed by atoms with E-state index < -0.39 is 0 Å². The quantitative estimate of drug-likeness (QED) is 0.604. The van der Waals surface area contributed by atoms with E-state index in [1.54, 1.807) is 11.1 Å². The van der Waals surface area contributed by atoms with Crippen molar-refractivity contribution in [3.8, 4) is 0 Å². The second kappa shape index (κ2) is 4.37. The lowest BCUT2D eigenvalue weighted by Crippen LogP contribution is -2.39. The van der Waals surface area contributed by atoms with Crippen molar-refractivity contribution in [3.05, 3.63) is 23.8 Å². The molecule has 3 atom stereocenters. The minimum atomic E-state index is 0.245. The van der Waals surface area contributed by atoms with Crippen LogP contribution in [0, 0.1) is 5.92 Å². The molecule has 1 fully saturated rings. The van der Waals surface area contributed by atoms with Gasteiger partial charge in [-0.3, -0.25) is 0 Å². The molecule has 16 heavy (non-hydrogen) atoms. The molecule has 3 aliphatic rings. The molecule has 0 bridgehead atoms. The minimum absolute atomic E-state index is 0.245. The van der Waals surface area contributed by atoms with Gasteiger partial charge in [0.25, 0.3) is 0 Å². The van der Waals surface area contributed by atoms with Gasteiger partial charge >= 0.3 is 0 Å². The van der Waals surface area contributed by atoms with Crippen LogP contribution in [0.2, 0.25) is 0 Å². The average molecular weight is 218 g/mol. The number of ether oxygens (including phenoxy) is 1. The number of fused-ring (bicyclic) bond motifs is 2. The van der Waals surface area contributed by atoms with E-state index in [2.05, 4.69) is 6.58 Å². The van der Waals surface area contributed by atoms with E-state index >= 15 is 0 Å². The van der Waals surface area contributed by atoms with Crippen molar-refractivity contribution < 1.29 is 4.74 Å². The van der Waals surface area contributed by atoms with Gasteiger partial charge in [-0.1, -0.05) is 24.5 Å². The van der Waals surface area contributed by atoms with E-state index in [0.717, 1.165) is 5.92 Å². The Kier molecular flexibility index (Phi) is 2.89. The normalized spacial score (nSPS) is 38.9.